The Morgan fingerprint density at radius 3 is 2.71 bits per heavy atom. The fraction of sp³-hybridized carbons (Fsp3) is 0.364. The Morgan fingerprint density at radius 1 is 1.35 bits per heavy atom. The van der Waals surface area contributed by atoms with Crippen molar-refractivity contribution in [1.29, 1.82) is 0 Å². The predicted octanol–water partition coefficient (Wildman–Crippen LogP) is -0.919. The zero-order valence-electron chi connectivity index (χ0n) is 9.69. The minimum Gasteiger partial charge on any atom is -0.347 e. The number of nitrogens with one attached hydrogen (secondary N) is 2. The molecule has 0 spiro atoms. The van der Waals surface area contributed by atoms with Gasteiger partial charge < -0.3 is 16.4 Å². The summed E-state index contributed by atoms with van der Waals surface area (Å²) < 4.78 is 0. The van der Waals surface area contributed by atoms with Gasteiger partial charge in [0.2, 0.25) is 0 Å². The highest BCUT2D eigenvalue weighted by atomic mass is 16.2. The fourth-order valence-corrected chi connectivity index (χ4v) is 1.20. The van der Waals surface area contributed by atoms with E-state index in [9.17, 15) is 9.59 Å². The Morgan fingerprint density at radius 2 is 2.06 bits per heavy atom. The first-order chi connectivity index (χ1) is 8.15. The van der Waals surface area contributed by atoms with Gasteiger partial charge in [0.1, 0.15) is 0 Å². The predicted molar refractivity (Wildman–Crippen MR) is 62.9 cm³/mol. The summed E-state index contributed by atoms with van der Waals surface area (Å²) in [6, 6.07) is 1.84. The number of nitrogens with two attached hydrogens (primary N) is 1. The van der Waals surface area contributed by atoms with Crippen molar-refractivity contribution in [3.8, 4) is 0 Å². The molecule has 1 aromatic rings. The van der Waals surface area contributed by atoms with Gasteiger partial charge in [0, 0.05) is 32.0 Å². The van der Waals surface area contributed by atoms with Gasteiger partial charge in [-0.15, -0.1) is 0 Å². The third-order valence-electron chi connectivity index (χ3n) is 2.22. The van der Waals surface area contributed by atoms with Gasteiger partial charge in [-0.2, -0.15) is 0 Å². The molecule has 0 bridgehead atoms. The molecule has 0 aliphatic carbocycles. The molecule has 4 N–H and O–H groups in total. The molecule has 2 amide bonds. The van der Waals surface area contributed by atoms with Crippen LogP contribution in [0.2, 0.25) is 0 Å². The second-order valence-corrected chi connectivity index (χ2v) is 3.53. The molecule has 17 heavy (non-hydrogen) atoms. The third kappa shape index (κ3) is 4.20. The highest BCUT2D eigenvalue weighted by molar-refractivity contribution is 6.35. The smallest absolute Gasteiger partial charge is 0.309 e. The van der Waals surface area contributed by atoms with E-state index in [-0.39, 0.29) is 13.1 Å². The van der Waals surface area contributed by atoms with Crippen LogP contribution in [0.4, 0.5) is 0 Å². The molecule has 0 radical (unpaired) electrons. The van der Waals surface area contributed by atoms with Crippen molar-refractivity contribution in [2.24, 2.45) is 5.73 Å². The van der Waals surface area contributed by atoms with Gasteiger partial charge in [-0.1, -0.05) is 0 Å². The lowest BCUT2D eigenvalue weighted by molar-refractivity contribution is -0.139. The number of amides is 2. The maximum Gasteiger partial charge on any atom is 0.309 e. The summed E-state index contributed by atoms with van der Waals surface area (Å²) in [6.45, 7) is 2.80. The Labute approximate surface area is 99.6 Å². The maximum absolute atomic E-state index is 11.3. The fourth-order valence-electron chi connectivity index (χ4n) is 1.20. The second kappa shape index (κ2) is 6.59. The van der Waals surface area contributed by atoms with Crippen LogP contribution in [0.15, 0.2) is 18.5 Å². The number of carbonyl (C=O) groups is 2. The summed E-state index contributed by atoms with van der Waals surface area (Å²) in [6.07, 6.45) is 3.34. The summed E-state index contributed by atoms with van der Waals surface area (Å²) in [7, 11) is 0. The SMILES string of the molecule is Cc1ccncc1CNC(=O)C(=O)NCCN. The summed E-state index contributed by atoms with van der Waals surface area (Å²) in [5, 5.41) is 4.91. The Balaban J connectivity index is 2.43. The van der Waals surface area contributed by atoms with Crippen LogP contribution >= 0.6 is 0 Å². The summed E-state index contributed by atoms with van der Waals surface area (Å²) in [4.78, 5) is 26.5. The number of nitrogens with zero attached hydrogens (tertiary/aromatic N) is 1. The molecule has 0 fully saturated rings. The van der Waals surface area contributed by atoms with Crippen molar-refractivity contribution < 1.29 is 9.59 Å². The normalized spacial score (nSPS) is 9.76. The van der Waals surface area contributed by atoms with Crippen LogP contribution in [0.3, 0.4) is 0 Å². The Bertz CT molecular complexity index is 406. The lowest BCUT2D eigenvalue weighted by Crippen LogP contribution is -2.41. The Kier molecular flexibility index (Phi) is 5.09. The largest absolute Gasteiger partial charge is 0.347 e. The lowest BCUT2D eigenvalue weighted by atomic mass is 10.1. The second-order valence-electron chi connectivity index (χ2n) is 3.53. The van der Waals surface area contributed by atoms with Crippen LogP contribution in [0, 0.1) is 6.92 Å². The molecule has 1 rings (SSSR count). The average Bonchev–Trinajstić information content (AvgIpc) is 2.34. The molecule has 0 aromatic carbocycles. The molecule has 6 nitrogen and oxygen atoms in total. The van der Waals surface area contributed by atoms with E-state index in [1.165, 1.54) is 0 Å². The minimum atomic E-state index is -0.669. The van der Waals surface area contributed by atoms with Crippen molar-refractivity contribution in [2.45, 2.75) is 13.5 Å². The highest BCUT2D eigenvalue weighted by Crippen LogP contribution is 2.03. The van der Waals surface area contributed by atoms with E-state index < -0.39 is 11.8 Å². The minimum absolute atomic E-state index is 0.286. The van der Waals surface area contributed by atoms with Crippen LogP contribution in [0.1, 0.15) is 11.1 Å². The molecule has 1 heterocycles. The molecule has 0 saturated carbocycles. The molecular formula is C11H16N4O2. The quantitative estimate of drug-likeness (QED) is 0.589. The van der Waals surface area contributed by atoms with Gasteiger partial charge in [-0.3, -0.25) is 14.6 Å². The van der Waals surface area contributed by atoms with Gasteiger partial charge >= 0.3 is 11.8 Å². The molecule has 1 aromatic heterocycles. The summed E-state index contributed by atoms with van der Waals surface area (Å²) in [5.74, 6) is -1.33. The maximum atomic E-state index is 11.3. The number of aromatic nitrogens is 1. The Hall–Kier alpha value is -1.95. The number of carbonyl (C=O) groups excluding carboxylic acids is 2. The number of hydrogen-bond donors (Lipinski definition) is 3. The van der Waals surface area contributed by atoms with Crippen LogP contribution in [-0.2, 0) is 16.1 Å². The molecule has 0 unspecified atom stereocenters. The zero-order chi connectivity index (χ0) is 12.7. The van der Waals surface area contributed by atoms with Gasteiger partial charge in [0.15, 0.2) is 0 Å². The van der Waals surface area contributed by atoms with Crippen molar-refractivity contribution in [1.82, 2.24) is 15.6 Å². The topological polar surface area (TPSA) is 97.1 Å². The van der Waals surface area contributed by atoms with E-state index in [0.29, 0.717) is 6.54 Å². The summed E-state index contributed by atoms with van der Waals surface area (Å²) in [5.41, 5.74) is 7.11. The van der Waals surface area contributed by atoms with E-state index in [1.54, 1.807) is 12.4 Å². The first-order valence-electron chi connectivity index (χ1n) is 5.30. The molecule has 0 atom stereocenters. The average molecular weight is 236 g/mol. The van der Waals surface area contributed by atoms with E-state index >= 15 is 0 Å². The zero-order valence-corrected chi connectivity index (χ0v) is 9.69. The van der Waals surface area contributed by atoms with E-state index in [4.69, 9.17) is 5.73 Å². The van der Waals surface area contributed by atoms with Crippen molar-refractivity contribution in [2.75, 3.05) is 13.1 Å². The lowest BCUT2D eigenvalue weighted by Gasteiger charge is -2.07. The number of hydrogen-bond acceptors (Lipinski definition) is 4. The first-order valence-corrected chi connectivity index (χ1v) is 5.30. The van der Waals surface area contributed by atoms with Crippen LogP contribution in [-0.4, -0.2) is 29.9 Å². The standard InChI is InChI=1S/C11H16N4O2/c1-8-2-4-13-6-9(8)7-15-11(17)10(16)14-5-3-12/h2,4,6H,3,5,7,12H2,1H3,(H,14,16)(H,15,17). The molecule has 92 valence electrons. The van der Waals surface area contributed by atoms with Gasteiger partial charge in [-0.05, 0) is 24.1 Å². The van der Waals surface area contributed by atoms with Gasteiger partial charge in [-0.25, -0.2) is 0 Å². The van der Waals surface area contributed by atoms with Crippen molar-refractivity contribution in [3.05, 3.63) is 29.6 Å². The molecule has 0 aliphatic heterocycles. The molecule has 0 saturated heterocycles. The molecule has 0 aliphatic rings. The van der Waals surface area contributed by atoms with E-state index in [0.717, 1.165) is 11.1 Å². The monoisotopic (exact) mass is 236 g/mol. The van der Waals surface area contributed by atoms with Crippen LogP contribution in [0.25, 0.3) is 0 Å². The molecule has 6 heteroatoms. The third-order valence-corrected chi connectivity index (χ3v) is 2.22. The van der Waals surface area contributed by atoms with Crippen LogP contribution in [0.5, 0.6) is 0 Å². The molecular weight excluding hydrogens is 220 g/mol. The van der Waals surface area contributed by atoms with Gasteiger partial charge in [0.25, 0.3) is 0 Å². The van der Waals surface area contributed by atoms with Gasteiger partial charge in [0.05, 0.1) is 0 Å². The van der Waals surface area contributed by atoms with E-state index in [1.807, 2.05) is 13.0 Å². The highest BCUT2D eigenvalue weighted by Gasteiger charge is 2.12. The van der Waals surface area contributed by atoms with Crippen LogP contribution < -0.4 is 16.4 Å². The number of rotatable bonds is 4. The van der Waals surface area contributed by atoms with Crippen molar-refractivity contribution >= 4 is 11.8 Å². The number of pyridine rings is 1. The first kappa shape index (κ1) is 13.1. The van der Waals surface area contributed by atoms with Crippen molar-refractivity contribution in [3.63, 3.8) is 0 Å². The summed E-state index contributed by atoms with van der Waals surface area (Å²) >= 11 is 0. The van der Waals surface area contributed by atoms with E-state index in [2.05, 4.69) is 15.6 Å². The number of aryl methyl sites for hydroxylation is 1.